The number of benzene rings is 1. The van der Waals surface area contributed by atoms with Crippen LogP contribution in [0.2, 0.25) is 0 Å². The molecule has 0 fully saturated rings. The summed E-state index contributed by atoms with van der Waals surface area (Å²) >= 11 is 1.35. The van der Waals surface area contributed by atoms with Gasteiger partial charge in [0.2, 0.25) is 0 Å². The van der Waals surface area contributed by atoms with Gasteiger partial charge in [-0.3, -0.25) is 0 Å². The predicted molar refractivity (Wildman–Crippen MR) is 53.1 cm³/mol. The van der Waals surface area contributed by atoms with E-state index >= 15 is 0 Å². The summed E-state index contributed by atoms with van der Waals surface area (Å²) in [5.74, 6) is -0.282. The molecule has 0 unspecified atom stereocenters. The van der Waals surface area contributed by atoms with Crippen LogP contribution in [0.5, 0.6) is 5.75 Å². The van der Waals surface area contributed by atoms with Gasteiger partial charge in [-0.05, 0) is 11.4 Å². The van der Waals surface area contributed by atoms with Crippen LogP contribution in [0.15, 0.2) is 17.5 Å². The number of nitrogens with zero attached hydrogens (tertiary/aromatic N) is 1. The molecule has 1 aromatic carbocycles. The highest BCUT2D eigenvalue weighted by molar-refractivity contribution is 7.17. The standard InChI is InChI=1S/C10H6FNOS/c1-13-8-4-6(5-12)10-7(9(8)11)2-3-14-10/h2-4H,1H3. The van der Waals surface area contributed by atoms with Crippen molar-refractivity contribution in [3.8, 4) is 11.8 Å². The number of halogens is 1. The van der Waals surface area contributed by atoms with Crippen LogP contribution < -0.4 is 4.74 Å². The summed E-state index contributed by atoms with van der Waals surface area (Å²) in [4.78, 5) is 0. The van der Waals surface area contributed by atoms with Crippen molar-refractivity contribution in [2.24, 2.45) is 0 Å². The van der Waals surface area contributed by atoms with E-state index in [-0.39, 0.29) is 5.75 Å². The van der Waals surface area contributed by atoms with E-state index in [0.29, 0.717) is 15.6 Å². The lowest BCUT2D eigenvalue weighted by Gasteiger charge is -2.03. The minimum atomic E-state index is -0.400. The van der Waals surface area contributed by atoms with Gasteiger partial charge >= 0.3 is 0 Å². The predicted octanol–water partition coefficient (Wildman–Crippen LogP) is 2.92. The molecular weight excluding hydrogens is 201 g/mol. The Labute approximate surface area is 84.2 Å². The Morgan fingerprint density at radius 3 is 3.00 bits per heavy atom. The minimum Gasteiger partial charge on any atom is -0.494 e. The minimum absolute atomic E-state index is 0.118. The maximum atomic E-state index is 13.6. The molecule has 0 amide bonds. The average Bonchev–Trinajstić information content (AvgIpc) is 2.68. The second-order valence-electron chi connectivity index (χ2n) is 2.72. The molecule has 70 valence electrons. The largest absolute Gasteiger partial charge is 0.494 e. The lowest BCUT2D eigenvalue weighted by Crippen LogP contribution is -1.89. The van der Waals surface area contributed by atoms with Crippen molar-refractivity contribution in [1.82, 2.24) is 0 Å². The van der Waals surface area contributed by atoms with Gasteiger partial charge in [-0.15, -0.1) is 11.3 Å². The quantitative estimate of drug-likeness (QED) is 0.720. The Bertz CT molecular complexity index is 527. The molecule has 0 radical (unpaired) electrons. The van der Waals surface area contributed by atoms with Crippen molar-refractivity contribution in [1.29, 1.82) is 5.26 Å². The normalized spacial score (nSPS) is 10.1. The zero-order valence-corrected chi connectivity index (χ0v) is 8.19. The Balaban J connectivity index is 2.89. The summed E-state index contributed by atoms with van der Waals surface area (Å²) < 4.78 is 19.1. The molecule has 1 aromatic heterocycles. The summed E-state index contributed by atoms with van der Waals surface area (Å²) in [7, 11) is 1.39. The fourth-order valence-corrected chi connectivity index (χ4v) is 2.17. The molecule has 0 atom stereocenters. The highest BCUT2D eigenvalue weighted by Gasteiger charge is 2.12. The lowest BCUT2D eigenvalue weighted by atomic mass is 10.1. The Kier molecular flexibility index (Phi) is 2.10. The number of rotatable bonds is 1. The van der Waals surface area contributed by atoms with E-state index in [0.717, 1.165) is 0 Å². The third-order valence-corrected chi connectivity index (χ3v) is 2.93. The van der Waals surface area contributed by atoms with Crippen LogP contribution in [0.4, 0.5) is 4.39 Å². The molecule has 0 saturated heterocycles. The number of fused-ring (bicyclic) bond motifs is 1. The maximum absolute atomic E-state index is 13.6. The van der Waals surface area contributed by atoms with Crippen molar-refractivity contribution >= 4 is 21.4 Å². The molecule has 0 aliphatic carbocycles. The molecule has 0 aliphatic rings. The first kappa shape index (κ1) is 8.97. The molecule has 2 nitrogen and oxygen atoms in total. The summed E-state index contributed by atoms with van der Waals surface area (Å²) in [6.07, 6.45) is 0. The molecule has 1 heterocycles. The summed E-state index contributed by atoms with van der Waals surface area (Å²) in [5, 5.41) is 11.1. The highest BCUT2D eigenvalue weighted by atomic mass is 32.1. The number of hydrogen-bond donors (Lipinski definition) is 0. The smallest absolute Gasteiger partial charge is 0.173 e. The first-order chi connectivity index (χ1) is 6.77. The van der Waals surface area contributed by atoms with Crippen molar-refractivity contribution in [2.75, 3.05) is 7.11 Å². The van der Waals surface area contributed by atoms with E-state index in [2.05, 4.69) is 0 Å². The second-order valence-corrected chi connectivity index (χ2v) is 3.63. The van der Waals surface area contributed by atoms with Crippen molar-refractivity contribution in [3.63, 3.8) is 0 Å². The summed E-state index contributed by atoms with van der Waals surface area (Å²) in [5.41, 5.74) is 0.452. The van der Waals surface area contributed by atoms with Crippen molar-refractivity contribution < 1.29 is 9.13 Å². The van der Waals surface area contributed by atoms with Crippen LogP contribution in [0, 0.1) is 17.1 Å². The van der Waals surface area contributed by atoms with Gasteiger partial charge in [0.25, 0.3) is 0 Å². The van der Waals surface area contributed by atoms with E-state index in [1.807, 2.05) is 6.07 Å². The van der Waals surface area contributed by atoms with Crippen LogP contribution in [0.25, 0.3) is 10.1 Å². The average molecular weight is 207 g/mol. The van der Waals surface area contributed by atoms with E-state index < -0.39 is 5.82 Å². The lowest BCUT2D eigenvalue weighted by molar-refractivity contribution is 0.389. The molecule has 2 rings (SSSR count). The number of thiophene rings is 1. The zero-order valence-electron chi connectivity index (χ0n) is 7.37. The van der Waals surface area contributed by atoms with Gasteiger partial charge in [-0.2, -0.15) is 5.26 Å². The van der Waals surface area contributed by atoms with Crippen LogP contribution in [0.3, 0.4) is 0 Å². The van der Waals surface area contributed by atoms with Crippen molar-refractivity contribution in [3.05, 3.63) is 28.9 Å². The monoisotopic (exact) mass is 207 g/mol. The number of ether oxygens (including phenoxy) is 1. The first-order valence-electron chi connectivity index (χ1n) is 3.91. The van der Waals surface area contributed by atoms with E-state index in [1.54, 1.807) is 11.4 Å². The summed E-state index contributed by atoms with van der Waals surface area (Å²) in [6, 6.07) is 5.10. The number of hydrogen-bond acceptors (Lipinski definition) is 3. The highest BCUT2D eigenvalue weighted by Crippen LogP contribution is 2.32. The molecule has 0 spiro atoms. The van der Waals surface area contributed by atoms with Crippen LogP contribution in [-0.4, -0.2) is 7.11 Å². The van der Waals surface area contributed by atoms with E-state index in [4.69, 9.17) is 10.00 Å². The van der Waals surface area contributed by atoms with Gasteiger partial charge in [-0.1, -0.05) is 0 Å². The fraction of sp³-hybridized carbons (Fsp3) is 0.100. The van der Waals surface area contributed by atoms with Crippen molar-refractivity contribution in [2.45, 2.75) is 0 Å². The topological polar surface area (TPSA) is 33.0 Å². The molecule has 0 bridgehead atoms. The van der Waals surface area contributed by atoms with Gasteiger partial charge in [0.1, 0.15) is 6.07 Å². The van der Waals surface area contributed by atoms with Gasteiger partial charge < -0.3 is 4.74 Å². The fourth-order valence-electron chi connectivity index (χ4n) is 1.31. The molecular formula is C10H6FNOS. The Morgan fingerprint density at radius 1 is 1.57 bits per heavy atom. The Morgan fingerprint density at radius 2 is 2.36 bits per heavy atom. The number of methoxy groups -OCH3 is 1. The first-order valence-corrected chi connectivity index (χ1v) is 4.79. The molecule has 2 aromatic rings. The van der Waals surface area contributed by atoms with Crippen LogP contribution in [0.1, 0.15) is 5.56 Å². The second kappa shape index (κ2) is 3.28. The molecule has 0 N–H and O–H groups in total. The molecule has 14 heavy (non-hydrogen) atoms. The molecule has 4 heteroatoms. The van der Waals surface area contributed by atoms with Gasteiger partial charge in [0.15, 0.2) is 11.6 Å². The zero-order chi connectivity index (χ0) is 10.1. The summed E-state index contributed by atoms with van der Waals surface area (Å²) in [6.45, 7) is 0. The van der Waals surface area contributed by atoms with Crippen LogP contribution in [-0.2, 0) is 0 Å². The van der Waals surface area contributed by atoms with E-state index in [9.17, 15) is 4.39 Å². The third kappa shape index (κ3) is 1.14. The number of nitriles is 1. The third-order valence-electron chi connectivity index (χ3n) is 1.98. The SMILES string of the molecule is COc1cc(C#N)c2sccc2c1F. The van der Waals surface area contributed by atoms with Gasteiger partial charge in [-0.25, -0.2) is 4.39 Å². The molecule has 0 saturated carbocycles. The molecule has 0 aliphatic heterocycles. The maximum Gasteiger partial charge on any atom is 0.173 e. The van der Waals surface area contributed by atoms with E-state index in [1.165, 1.54) is 24.5 Å². The van der Waals surface area contributed by atoms with Gasteiger partial charge in [0.05, 0.1) is 17.4 Å². The van der Waals surface area contributed by atoms with Gasteiger partial charge in [0, 0.05) is 11.5 Å². The Hall–Kier alpha value is -1.60. The van der Waals surface area contributed by atoms with Crippen LogP contribution >= 0.6 is 11.3 Å².